The fourth-order valence-electron chi connectivity index (χ4n) is 3.63. The van der Waals surface area contributed by atoms with E-state index in [0.29, 0.717) is 5.56 Å². The lowest BCUT2D eigenvalue weighted by Gasteiger charge is -2.39. The number of fused-ring (bicyclic) bond motifs is 1. The molecule has 1 aliphatic rings. The number of aliphatic hydroxyl groups is 4. The van der Waals surface area contributed by atoms with E-state index in [0.717, 1.165) is 12.3 Å². The van der Waals surface area contributed by atoms with Gasteiger partial charge in [0.1, 0.15) is 47.6 Å². The van der Waals surface area contributed by atoms with Crippen molar-refractivity contribution in [3.05, 3.63) is 46.8 Å². The van der Waals surface area contributed by atoms with Gasteiger partial charge in [-0.05, 0) is 17.7 Å². The molecule has 1 saturated heterocycles. The normalized spacial score (nSPS) is 25.2. The molecular formula is C22H22O11. The van der Waals surface area contributed by atoms with E-state index in [1.807, 2.05) is 0 Å². The highest BCUT2D eigenvalue weighted by atomic mass is 16.7. The maximum atomic E-state index is 13.3. The zero-order valence-electron chi connectivity index (χ0n) is 17.3. The summed E-state index contributed by atoms with van der Waals surface area (Å²) in [6.07, 6.45) is -6.78. The predicted octanol–water partition coefficient (Wildman–Crippen LogP) is 0.0585. The van der Waals surface area contributed by atoms with E-state index < -0.39 is 48.5 Å². The summed E-state index contributed by atoms with van der Waals surface area (Å²) in [6.45, 7) is -0.675. The van der Waals surface area contributed by atoms with Gasteiger partial charge in [-0.2, -0.15) is 0 Å². The molecule has 2 heterocycles. The molecular weight excluding hydrogens is 440 g/mol. The number of benzene rings is 2. The average Bonchev–Trinajstić information content (AvgIpc) is 2.81. The van der Waals surface area contributed by atoms with Crippen molar-refractivity contribution in [1.82, 2.24) is 0 Å². The molecule has 176 valence electrons. The number of rotatable bonds is 5. The third-order valence-electron chi connectivity index (χ3n) is 5.43. The van der Waals surface area contributed by atoms with Gasteiger partial charge in [0.25, 0.3) is 0 Å². The molecule has 11 heteroatoms. The molecule has 1 aromatic heterocycles. The second kappa shape index (κ2) is 8.89. The zero-order chi connectivity index (χ0) is 23.9. The summed E-state index contributed by atoms with van der Waals surface area (Å²) in [6, 6.07) is 6.96. The average molecular weight is 462 g/mol. The quantitative estimate of drug-likeness (QED) is 0.302. The largest absolute Gasteiger partial charge is 0.508 e. The molecule has 4 rings (SSSR count). The van der Waals surface area contributed by atoms with Crippen molar-refractivity contribution in [2.75, 3.05) is 13.7 Å². The van der Waals surface area contributed by atoms with E-state index in [1.54, 1.807) is 0 Å². The van der Waals surface area contributed by atoms with Crippen molar-refractivity contribution in [1.29, 1.82) is 0 Å². The van der Waals surface area contributed by atoms with Gasteiger partial charge in [-0.25, -0.2) is 0 Å². The van der Waals surface area contributed by atoms with E-state index >= 15 is 0 Å². The summed E-state index contributed by atoms with van der Waals surface area (Å²) in [7, 11) is 1.29. The minimum atomic E-state index is -1.75. The van der Waals surface area contributed by atoms with Crippen LogP contribution in [0.2, 0.25) is 0 Å². The standard InChI is InChI=1S/C22H22O11/c1-30-13-6-12(25)20(33-22-19(29)18(28)17(27)14(7-23)32-22)21-15(13)16(26)11(8-31-21)9-2-4-10(24)5-3-9/h2-6,8,14,17-19,22-25,27-29H,7H2,1H3/t14-,17-,18+,19-,22+/m1/s1. The number of aliphatic hydroxyl groups excluding tert-OH is 4. The first-order chi connectivity index (χ1) is 15.8. The Kier molecular flexibility index (Phi) is 6.15. The molecule has 6 N–H and O–H groups in total. The van der Waals surface area contributed by atoms with Gasteiger partial charge in [0.15, 0.2) is 11.3 Å². The Bertz CT molecular complexity index is 1200. The van der Waals surface area contributed by atoms with Crippen LogP contribution in [0.15, 0.2) is 45.8 Å². The molecule has 0 bridgehead atoms. The van der Waals surface area contributed by atoms with Crippen molar-refractivity contribution in [3.8, 4) is 34.1 Å². The third kappa shape index (κ3) is 3.96. The van der Waals surface area contributed by atoms with E-state index in [4.69, 9.17) is 18.6 Å². The number of hydrogen-bond donors (Lipinski definition) is 6. The van der Waals surface area contributed by atoms with Crippen LogP contribution in [0.3, 0.4) is 0 Å². The van der Waals surface area contributed by atoms with Crippen LogP contribution in [0.1, 0.15) is 0 Å². The molecule has 0 aliphatic carbocycles. The fraction of sp³-hybridized carbons (Fsp3) is 0.318. The Morgan fingerprint density at radius 1 is 1.03 bits per heavy atom. The summed E-state index contributed by atoms with van der Waals surface area (Å²) in [4.78, 5) is 13.3. The third-order valence-corrected chi connectivity index (χ3v) is 5.43. The van der Waals surface area contributed by atoms with Gasteiger partial charge in [0.2, 0.25) is 17.5 Å². The van der Waals surface area contributed by atoms with Crippen molar-refractivity contribution in [2.24, 2.45) is 0 Å². The topological polar surface area (TPSA) is 179 Å². The number of phenolic OH excluding ortho intramolecular Hbond substituents is 2. The lowest BCUT2D eigenvalue weighted by atomic mass is 9.99. The van der Waals surface area contributed by atoms with Crippen LogP contribution in [-0.4, -0.2) is 75.1 Å². The van der Waals surface area contributed by atoms with E-state index in [2.05, 4.69) is 0 Å². The van der Waals surface area contributed by atoms with E-state index in [9.17, 15) is 35.4 Å². The van der Waals surface area contributed by atoms with E-state index in [-0.39, 0.29) is 33.8 Å². The second-order valence-electron chi connectivity index (χ2n) is 7.47. The van der Waals surface area contributed by atoms with Gasteiger partial charge in [-0.15, -0.1) is 0 Å². The van der Waals surface area contributed by atoms with Crippen LogP contribution in [0.5, 0.6) is 23.0 Å². The van der Waals surface area contributed by atoms with Crippen LogP contribution in [-0.2, 0) is 4.74 Å². The van der Waals surface area contributed by atoms with E-state index in [1.165, 1.54) is 31.4 Å². The highest BCUT2D eigenvalue weighted by molar-refractivity contribution is 5.93. The highest BCUT2D eigenvalue weighted by Gasteiger charge is 2.45. The molecule has 1 aliphatic heterocycles. The highest BCUT2D eigenvalue weighted by Crippen LogP contribution is 2.42. The smallest absolute Gasteiger partial charge is 0.229 e. The first kappa shape index (κ1) is 22.8. The summed E-state index contributed by atoms with van der Waals surface area (Å²) in [5.74, 6) is -0.902. The maximum Gasteiger partial charge on any atom is 0.229 e. The zero-order valence-corrected chi connectivity index (χ0v) is 17.3. The molecule has 11 nitrogen and oxygen atoms in total. The van der Waals surface area contributed by atoms with Crippen LogP contribution in [0.25, 0.3) is 22.1 Å². The number of aromatic hydroxyl groups is 2. The number of hydrogen-bond acceptors (Lipinski definition) is 11. The fourth-order valence-corrected chi connectivity index (χ4v) is 3.63. The first-order valence-corrected chi connectivity index (χ1v) is 9.88. The Balaban J connectivity index is 1.83. The molecule has 1 fully saturated rings. The summed E-state index contributed by atoms with van der Waals surface area (Å²) < 4.78 is 21.7. The Morgan fingerprint density at radius 3 is 2.36 bits per heavy atom. The van der Waals surface area contributed by atoms with Crippen LogP contribution >= 0.6 is 0 Å². The second-order valence-corrected chi connectivity index (χ2v) is 7.47. The molecule has 0 spiro atoms. The summed E-state index contributed by atoms with van der Waals surface area (Å²) >= 11 is 0. The molecule has 0 amide bonds. The monoisotopic (exact) mass is 462 g/mol. The molecule has 0 unspecified atom stereocenters. The lowest BCUT2D eigenvalue weighted by molar-refractivity contribution is -0.277. The molecule has 33 heavy (non-hydrogen) atoms. The van der Waals surface area contributed by atoms with Gasteiger partial charge in [0, 0.05) is 6.07 Å². The molecule has 0 radical (unpaired) electrons. The lowest BCUT2D eigenvalue weighted by Crippen LogP contribution is -2.60. The van der Waals surface area contributed by atoms with Gasteiger partial charge >= 0.3 is 0 Å². The Morgan fingerprint density at radius 2 is 1.73 bits per heavy atom. The molecule has 3 aromatic rings. The molecule has 2 aromatic carbocycles. The molecule has 0 saturated carbocycles. The predicted molar refractivity (Wildman–Crippen MR) is 112 cm³/mol. The van der Waals surface area contributed by atoms with Gasteiger partial charge in [-0.1, -0.05) is 12.1 Å². The number of phenols is 2. The number of ether oxygens (including phenoxy) is 3. The van der Waals surface area contributed by atoms with Crippen molar-refractivity contribution >= 4 is 11.0 Å². The molecule has 5 atom stereocenters. The van der Waals surface area contributed by atoms with Gasteiger partial charge in [-0.3, -0.25) is 4.79 Å². The van der Waals surface area contributed by atoms with Crippen molar-refractivity contribution < 1.29 is 49.3 Å². The Labute approximate surface area is 186 Å². The first-order valence-electron chi connectivity index (χ1n) is 9.88. The maximum absolute atomic E-state index is 13.3. The van der Waals surface area contributed by atoms with Gasteiger partial charge < -0.3 is 49.3 Å². The van der Waals surface area contributed by atoms with Crippen molar-refractivity contribution in [2.45, 2.75) is 30.7 Å². The summed E-state index contributed by atoms with van der Waals surface area (Å²) in [5, 5.41) is 59.5. The van der Waals surface area contributed by atoms with Crippen molar-refractivity contribution in [3.63, 3.8) is 0 Å². The SMILES string of the molecule is COc1cc(O)c(O[C@@H]2O[C@H](CO)[C@@H](O)[C@H](O)[C@H]2O)c2occ(-c3ccc(O)cc3)c(=O)c12. The van der Waals surface area contributed by atoms with Gasteiger partial charge in [0.05, 0.1) is 19.3 Å². The summed E-state index contributed by atoms with van der Waals surface area (Å²) in [5.41, 5.74) is -0.158. The van der Waals surface area contributed by atoms with Crippen LogP contribution in [0.4, 0.5) is 0 Å². The minimum Gasteiger partial charge on any atom is -0.508 e. The minimum absolute atomic E-state index is 0.0154. The number of methoxy groups -OCH3 is 1. The van der Waals surface area contributed by atoms with Crippen LogP contribution < -0.4 is 14.9 Å². The Hall–Kier alpha value is -3.35. The van der Waals surface area contributed by atoms with Crippen LogP contribution in [0, 0.1) is 0 Å².